The van der Waals surface area contributed by atoms with Crippen molar-refractivity contribution in [1.29, 1.82) is 0 Å². The molecule has 0 aliphatic carbocycles. The Hall–Kier alpha value is -2.57. The van der Waals surface area contributed by atoms with Crippen LogP contribution < -0.4 is 10.6 Å². The predicted octanol–water partition coefficient (Wildman–Crippen LogP) is 3.19. The van der Waals surface area contributed by atoms with Gasteiger partial charge in [-0.3, -0.25) is 4.99 Å². The molecule has 3 nitrogen and oxygen atoms in total. The normalized spacial score (nSPS) is 10.4. The number of hydrogen-bond donors (Lipinski definition) is 2. The van der Waals surface area contributed by atoms with Gasteiger partial charge in [-0.1, -0.05) is 0 Å². The van der Waals surface area contributed by atoms with Crippen molar-refractivity contribution in [2.24, 2.45) is 4.99 Å². The molecule has 0 aromatic heterocycles. The number of aliphatic imine (C=N–C) groups is 1. The van der Waals surface area contributed by atoms with Gasteiger partial charge in [0.2, 0.25) is 0 Å². The minimum Gasteiger partial charge on any atom is -0.356 e. The first kappa shape index (κ1) is 18.8. The molecule has 134 valence electrons. The molecule has 0 saturated carbocycles. The molecular weight excluding hydrogens is 334 g/mol. The minimum atomic E-state index is -0.490. The van der Waals surface area contributed by atoms with Crippen LogP contribution in [0.4, 0.5) is 17.6 Å². The fraction of sp³-hybridized carbons (Fsp3) is 0.278. The van der Waals surface area contributed by atoms with E-state index in [1.807, 2.05) is 0 Å². The minimum absolute atomic E-state index is 0.268. The van der Waals surface area contributed by atoms with Crippen LogP contribution in [0.3, 0.4) is 0 Å². The lowest BCUT2D eigenvalue weighted by molar-refractivity contribution is 0.581. The predicted molar refractivity (Wildman–Crippen MR) is 89.5 cm³/mol. The van der Waals surface area contributed by atoms with E-state index in [0.29, 0.717) is 19.0 Å². The SMILES string of the molecule is CN=C(NCCc1cc(F)ccc1F)NCCc1cc(F)ccc1F. The van der Waals surface area contributed by atoms with Gasteiger partial charge in [0, 0.05) is 20.1 Å². The van der Waals surface area contributed by atoms with Crippen LogP contribution in [0.5, 0.6) is 0 Å². The Morgan fingerprint density at radius 3 is 1.64 bits per heavy atom. The van der Waals surface area contributed by atoms with E-state index in [1.54, 1.807) is 7.05 Å². The molecule has 7 heteroatoms. The van der Waals surface area contributed by atoms with Gasteiger partial charge in [-0.05, 0) is 60.4 Å². The van der Waals surface area contributed by atoms with Crippen molar-refractivity contribution in [3.63, 3.8) is 0 Å². The van der Waals surface area contributed by atoms with Crippen molar-refractivity contribution in [3.8, 4) is 0 Å². The highest BCUT2D eigenvalue weighted by Gasteiger charge is 2.06. The van der Waals surface area contributed by atoms with Crippen molar-refractivity contribution in [2.75, 3.05) is 20.1 Å². The highest BCUT2D eigenvalue weighted by molar-refractivity contribution is 5.79. The average molecular weight is 353 g/mol. The van der Waals surface area contributed by atoms with E-state index in [0.717, 1.165) is 36.4 Å². The molecule has 0 radical (unpaired) electrons. The highest BCUT2D eigenvalue weighted by Crippen LogP contribution is 2.10. The van der Waals surface area contributed by atoms with Crippen LogP contribution in [0.1, 0.15) is 11.1 Å². The van der Waals surface area contributed by atoms with Crippen molar-refractivity contribution < 1.29 is 17.6 Å². The molecule has 0 unspecified atom stereocenters. The summed E-state index contributed by atoms with van der Waals surface area (Å²) in [5.41, 5.74) is 0.537. The van der Waals surface area contributed by atoms with E-state index < -0.39 is 23.3 Å². The third-order valence-corrected chi connectivity index (χ3v) is 3.61. The standard InChI is InChI=1S/C18H19F4N3/c1-23-18(24-8-6-12-10-14(19)2-4-16(12)21)25-9-7-13-11-15(20)3-5-17(13)22/h2-5,10-11H,6-9H2,1H3,(H2,23,24,25). The lowest BCUT2D eigenvalue weighted by Crippen LogP contribution is -2.39. The number of rotatable bonds is 6. The highest BCUT2D eigenvalue weighted by atomic mass is 19.1. The summed E-state index contributed by atoms with van der Waals surface area (Å²) in [5, 5.41) is 5.92. The van der Waals surface area contributed by atoms with Gasteiger partial charge in [-0.25, -0.2) is 17.6 Å². The van der Waals surface area contributed by atoms with Crippen molar-refractivity contribution in [1.82, 2.24) is 10.6 Å². The van der Waals surface area contributed by atoms with Crippen molar-refractivity contribution in [3.05, 3.63) is 70.8 Å². The maximum Gasteiger partial charge on any atom is 0.190 e. The van der Waals surface area contributed by atoms with Crippen LogP contribution >= 0.6 is 0 Å². The number of guanidine groups is 1. The molecular formula is C18H19F4N3. The quantitative estimate of drug-likeness (QED) is 0.475. The van der Waals surface area contributed by atoms with Gasteiger partial charge >= 0.3 is 0 Å². The molecule has 0 spiro atoms. The number of hydrogen-bond acceptors (Lipinski definition) is 1. The summed E-state index contributed by atoms with van der Waals surface area (Å²) in [6.07, 6.45) is 0.561. The molecule has 25 heavy (non-hydrogen) atoms. The second-order valence-corrected chi connectivity index (χ2v) is 5.40. The zero-order valence-corrected chi connectivity index (χ0v) is 13.8. The monoisotopic (exact) mass is 353 g/mol. The molecule has 0 amide bonds. The Morgan fingerprint density at radius 2 is 1.24 bits per heavy atom. The number of nitrogens with zero attached hydrogens (tertiary/aromatic N) is 1. The first-order valence-electron chi connectivity index (χ1n) is 7.82. The molecule has 0 fully saturated rings. The van der Waals surface area contributed by atoms with Crippen LogP contribution in [-0.2, 0) is 12.8 Å². The lowest BCUT2D eigenvalue weighted by atomic mass is 10.1. The van der Waals surface area contributed by atoms with Gasteiger partial charge in [-0.2, -0.15) is 0 Å². The molecule has 0 aliphatic heterocycles. The Morgan fingerprint density at radius 1 is 0.800 bits per heavy atom. The van der Waals surface area contributed by atoms with E-state index in [-0.39, 0.29) is 24.0 Å². The van der Waals surface area contributed by atoms with Crippen LogP contribution in [0.15, 0.2) is 41.4 Å². The first-order valence-corrected chi connectivity index (χ1v) is 7.82. The van der Waals surface area contributed by atoms with Crippen molar-refractivity contribution in [2.45, 2.75) is 12.8 Å². The third kappa shape index (κ3) is 5.77. The lowest BCUT2D eigenvalue weighted by Gasteiger charge is -2.12. The van der Waals surface area contributed by atoms with Crippen LogP contribution in [0, 0.1) is 23.3 Å². The molecule has 0 bridgehead atoms. The molecule has 0 atom stereocenters. The topological polar surface area (TPSA) is 36.4 Å². The molecule has 0 saturated heterocycles. The number of benzene rings is 2. The van der Waals surface area contributed by atoms with E-state index >= 15 is 0 Å². The Bertz CT molecular complexity index is 688. The summed E-state index contributed by atoms with van der Waals surface area (Å²) >= 11 is 0. The fourth-order valence-corrected chi connectivity index (χ4v) is 2.32. The van der Waals surface area contributed by atoms with E-state index in [2.05, 4.69) is 15.6 Å². The van der Waals surface area contributed by atoms with Gasteiger partial charge in [0.1, 0.15) is 23.3 Å². The Labute approximate surface area is 143 Å². The fourth-order valence-electron chi connectivity index (χ4n) is 2.32. The molecule has 2 aromatic rings. The third-order valence-electron chi connectivity index (χ3n) is 3.61. The zero-order valence-electron chi connectivity index (χ0n) is 13.8. The molecule has 0 aliphatic rings. The van der Waals surface area contributed by atoms with Crippen molar-refractivity contribution >= 4 is 5.96 Å². The van der Waals surface area contributed by atoms with Gasteiger partial charge in [0.05, 0.1) is 0 Å². The summed E-state index contributed by atoms with van der Waals surface area (Å²) in [6, 6.07) is 6.62. The average Bonchev–Trinajstić information content (AvgIpc) is 2.59. The van der Waals surface area contributed by atoms with E-state index in [4.69, 9.17) is 0 Å². The smallest absolute Gasteiger partial charge is 0.190 e. The summed E-state index contributed by atoms with van der Waals surface area (Å²) in [6.45, 7) is 0.683. The van der Waals surface area contributed by atoms with Gasteiger partial charge in [-0.15, -0.1) is 0 Å². The van der Waals surface area contributed by atoms with Crippen LogP contribution in [0.2, 0.25) is 0 Å². The van der Waals surface area contributed by atoms with Crippen LogP contribution in [-0.4, -0.2) is 26.1 Å². The van der Waals surface area contributed by atoms with Gasteiger partial charge in [0.15, 0.2) is 5.96 Å². The van der Waals surface area contributed by atoms with E-state index in [9.17, 15) is 17.6 Å². The van der Waals surface area contributed by atoms with Crippen LogP contribution in [0.25, 0.3) is 0 Å². The second-order valence-electron chi connectivity index (χ2n) is 5.40. The number of halogens is 4. The zero-order chi connectivity index (χ0) is 18.2. The summed E-state index contributed by atoms with van der Waals surface area (Å²) in [5.74, 6) is -1.47. The maximum atomic E-state index is 13.5. The Balaban J connectivity index is 1.79. The molecule has 0 heterocycles. The molecule has 2 rings (SSSR count). The largest absolute Gasteiger partial charge is 0.356 e. The summed E-state index contributed by atoms with van der Waals surface area (Å²) in [4.78, 5) is 3.99. The molecule has 2 aromatic carbocycles. The number of nitrogens with one attached hydrogen (secondary N) is 2. The Kier molecular flexibility index (Phi) is 6.80. The molecule has 2 N–H and O–H groups in total. The second kappa shape index (κ2) is 9.05. The van der Waals surface area contributed by atoms with Gasteiger partial charge in [0.25, 0.3) is 0 Å². The van der Waals surface area contributed by atoms with E-state index in [1.165, 1.54) is 0 Å². The first-order chi connectivity index (χ1) is 12.0. The van der Waals surface area contributed by atoms with Gasteiger partial charge < -0.3 is 10.6 Å². The summed E-state index contributed by atoms with van der Waals surface area (Å²) in [7, 11) is 1.56. The summed E-state index contributed by atoms with van der Waals surface area (Å²) < 4.78 is 53.3. The maximum absolute atomic E-state index is 13.5.